The van der Waals surface area contributed by atoms with Gasteiger partial charge in [0.2, 0.25) is 0 Å². The molecular formula is C18H16ClNO6. The Morgan fingerprint density at radius 2 is 1.58 bits per heavy atom. The highest BCUT2D eigenvalue weighted by atomic mass is 35.5. The second-order valence-electron chi connectivity index (χ2n) is 5.04. The molecule has 26 heavy (non-hydrogen) atoms. The number of methoxy groups -OCH3 is 2. The van der Waals surface area contributed by atoms with Gasteiger partial charge in [-0.2, -0.15) is 0 Å². The van der Waals surface area contributed by atoms with Crippen molar-refractivity contribution >= 4 is 35.1 Å². The molecule has 0 atom stereocenters. The van der Waals surface area contributed by atoms with Gasteiger partial charge < -0.3 is 19.5 Å². The molecule has 136 valence electrons. The highest BCUT2D eigenvalue weighted by molar-refractivity contribution is 6.32. The molecule has 0 aliphatic carbocycles. The lowest BCUT2D eigenvalue weighted by molar-refractivity contribution is -0.119. The zero-order valence-corrected chi connectivity index (χ0v) is 14.8. The largest absolute Gasteiger partial charge is 0.495 e. The lowest BCUT2D eigenvalue weighted by Gasteiger charge is -2.09. The van der Waals surface area contributed by atoms with Crippen LogP contribution in [0.3, 0.4) is 0 Å². The molecule has 2 rings (SSSR count). The van der Waals surface area contributed by atoms with Crippen molar-refractivity contribution in [1.29, 1.82) is 0 Å². The van der Waals surface area contributed by atoms with Crippen molar-refractivity contribution in [2.45, 2.75) is 0 Å². The van der Waals surface area contributed by atoms with E-state index in [1.807, 2.05) is 0 Å². The number of amides is 1. The number of nitrogens with one attached hydrogen (secondary N) is 1. The number of hydrogen-bond acceptors (Lipinski definition) is 6. The third-order valence-corrected chi connectivity index (χ3v) is 3.61. The van der Waals surface area contributed by atoms with E-state index in [0.29, 0.717) is 22.0 Å². The van der Waals surface area contributed by atoms with Gasteiger partial charge in [0.15, 0.2) is 6.61 Å². The molecule has 7 nitrogen and oxygen atoms in total. The summed E-state index contributed by atoms with van der Waals surface area (Å²) in [5.74, 6) is -1.25. The predicted molar refractivity (Wildman–Crippen MR) is 94.7 cm³/mol. The van der Waals surface area contributed by atoms with Gasteiger partial charge in [0, 0.05) is 5.69 Å². The number of halogens is 1. The fourth-order valence-electron chi connectivity index (χ4n) is 2.02. The van der Waals surface area contributed by atoms with Crippen LogP contribution in [0.5, 0.6) is 5.75 Å². The van der Waals surface area contributed by atoms with Crippen molar-refractivity contribution < 1.29 is 28.6 Å². The molecule has 0 saturated heterocycles. The quantitative estimate of drug-likeness (QED) is 0.778. The topological polar surface area (TPSA) is 90.9 Å². The second kappa shape index (κ2) is 8.87. The molecule has 0 heterocycles. The molecule has 0 fully saturated rings. The third kappa shape index (κ3) is 4.97. The number of ether oxygens (including phenoxy) is 3. The summed E-state index contributed by atoms with van der Waals surface area (Å²) in [7, 11) is 2.75. The van der Waals surface area contributed by atoms with Crippen LogP contribution in [0.4, 0.5) is 5.69 Å². The predicted octanol–water partition coefficient (Wildman–Crippen LogP) is 2.93. The summed E-state index contributed by atoms with van der Waals surface area (Å²) in [6.45, 7) is -0.471. The van der Waals surface area contributed by atoms with E-state index in [-0.39, 0.29) is 5.56 Å². The summed E-state index contributed by atoms with van der Waals surface area (Å²) in [5.41, 5.74) is 0.954. The first-order valence-corrected chi connectivity index (χ1v) is 7.81. The minimum absolute atomic E-state index is 0.206. The summed E-state index contributed by atoms with van der Waals surface area (Å²) < 4.78 is 14.5. The number of anilines is 1. The van der Waals surface area contributed by atoms with Gasteiger partial charge in [-0.1, -0.05) is 11.6 Å². The zero-order valence-electron chi connectivity index (χ0n) is 14.1. The maximum atomic E-state index is 11.9. The number of rotatable bonds is 6. The summed E-state index contributed by atoms with van der Waals surface area (Å²) >= 11 is 5.97. The van der Waals surface area contributed by atoms with E-state index >= 15 is 0 Å². The van der Waals surface area contributed by atoms with Crippen LogP contribution in [0, 0.1) is 0 Å². The maximum Gasteiger partial charge on any atom is 0.338 e. The van der Waals surface area contributed by atoms with E-state index in [1.54, 1.807) is 12.1 Å². The molecule has 1 N–H and O–H groups in total. The van der Waals surface area contributed by atoms with Crippen molar-refractivity contribution in [2.24, 2.45) is 0 Å². The van der Waals surface area contributed by atoms with E-state index in [2.05, 4.69) is 10.1 Å². The maximum absolute atomic E-state index is 11.9. The molecular weight excluding hydrogens is 362 g/mol. The first-order valence-electron chi connectivity index (χ1n) is 7.43. The van der Waals surface area contributed by atoms with Gasteiger partial charge in [0.25, 0.3) is 5.91 Å². The molecule has 0 unspecified atom stereocenters. The smallest absolute Gasteiger partial charge is 0.338 e. The average Bonchev–Trinajstić information content (AvgIpc) is 2.65. The van der Waals surface area contributed by atoms with E-state index in [4.69, 9.17) is 21.1 Å². The molecule has 0 spiro atoms. The molecule has 0 radical (unpaired) electrons. The van der Waals surface area contributed by atoms with Crippen molar-refractivity contribution in [3.05, 3.63) is 58.6 Å². The van der Waals surface area contributed by atoms with Crippen molar-refractivity contribution in [2.75, 3.05) is 26.1 Å². The molecule has 1 amide bonds. The number of carbonyl (C=O) groups excluding carboxylic acids is 3. The molecule has 0 bridgehead atoms. The van der Waals surface area contributed by atoms with Crippen molar-refractivity contribution in [3.8, 4) is 5.75 Å². The first kappa shape index (κ1) is 19.3. The summed E-state index contributed by atoms with van der Waals surface area (Å²) in [6, 6.07) is 10.4. The van der Waals surface area contributed by atoms with Crippen LogP contribution in [0.1, 0.15) is 20.7 Å². The van der Waals surface area contributed by atoms with E-state index < -0.39 is 24.5 Å². The van der Waals surface area contributed by atoms with Gasteiger partial charge >= 0.3 is 11.9 Å². The van der Waals surface area contributed by atoms with Gasteiger partial charge in [-0.05, 0) is 42.5 Å². The first-order chi connectivity index (χ1) is 12.4. The fraction of sp³-hybridized carbons (Fsp3) is 0.167. The van der Waals surface area contributed by atoms with Crippen molar-refractivity contribution in [1.82, 2.24) is 0 Å². The number of carbonyl (C=O) groups is 3. The van der Waals surface area contributed by atoms with Gasteiger partial charge in [-0.25, -0.2) is 9.59 Å². The molecule has 8 heteroatoms. The number of esters is 2. The van der Waals surface area contributed by atoms with Gasteiger partial charge in [-0.3, -0.25) is 4.79 Å². The molecule has 0 aliphatic heterocycles. The van der Waals surface area contributed by atoms with Crippen LogP contribution in [-0.4, -0.2) is 38.7 Å². The Morgan fingerprint density at radius 1 is 0.962 bits per heavy atom. The third-order valence-electron chi connectivity index (χ3n) is 3.31. The average molecular weight is 378 g/mol. The summed E-state index contributed by atoms with van der Waals surface area (Å²) in [5, 5.41) is 2.90. The Balaban J connectivity index is 1.89. The Morgan fingerprint density at radius 3 is 2.12 bits per heavy atom. The van der Waals surface area contributed by atoms with Gasteiger partial charge in [0.1, 0.15) is 5.75 Å². The van der Waals surface area contributed by atoms with Crippen LogP contribution < -0.4 is 10.1 Å². The Kier molecular flexibility index (Phi) is 6.57. The van der Waals surface area contributed by atoms with E-state index in [9.17, 15) is 14.4 Å². The van der Waals surface area contributed by atoms with Crippen molar-refractivity contribution in [3.63, 3.8) is 0 Å². The Bertz CT molecular complexity index is 819. The lowest BCUT2D eigenvalue weighted by Crippen LogP contribution is -2.21. The summed E-state index contributed by atoms with van der Waals surface area (Å²) in [4.78, 5) is 35.1. The standard InChI is InChI=1S/C18H16ClNO6/c1-24-15-8-7-13(9-14(15)19)20-16(21)10-26-18(23)12-5-3-11(4-6-12)17(22)25-2/h3-9H,10H2,1-2H3,(H,20,21). The SMILES string of the molecule is COC(=O)c1ccc(C(=O)OCC(=O)Nc2ccc(OC)c(Cl)c2)cc1. The van der Waals surface area contributed by atoms with Crippen LogP contribution in [0.15, 0.2) is 42.5 Å². The zero-order chi connectivity index (χ0) is 19.1. The fourth-order valence-corrected chi connectivity index (χ4v) is 2.27. The van der Waals surface area contributed by atoms with Crippen LogP contribution in [0.2, 0.25) is 5.02 Å². The molecule has 0 saturated carbocycles. The molecule has 2 aromatic rings. The monoisotopic (exact) mass is 377 g/mol. The molecule has 0 aliphatic rings. The minimum atomic E-state index is -0.690. The molecule has 0 aromatic heterocycles. The van der Waals surface area contributed by atoms with Crippen LogP contribution >= 0.6 is 11.6 Å². The van der Waals surface area contributed by atoms with Gasteiger partial charge in [-0.15, -0.1) is 0 Å². The van der Waals surface area contributed by atoms with Gasteiger partial charge in [0.05, 0.1) is 30.4 Å². The van der Waals surface area contributed by atoms with E-state index in [0.717, 1.165) is 0 Å². The Labute approximate surface area is 154 Å². The van der Waals surface area contributed by atoms with Crippen LogP contribution in [-0.2, 0) is 14.3 Å². The second-order valence-corrected chi connectivity index (χ2v) is 5.45. The number of benzene rings is 2. The highest BCUT2D eigenvalue weighted by Gasteiger charge is 2.12. The molecule has 2 aromatic carbocycles. The minimum Gasteiger partial charge on any atom is -0.495 e. The lowest BCUT2D eigenvalue weighted by atomic mass is 10.1. The van der Waals surface area contributed by atoms with E-state index in [1.165, 1.54) is 44.6 Å². The Hall–Kier alpha value is -3.06. The summed E-state index contributed by atoms with van der Waals surface area (Å²) in [6.07, 6.45) is 0. The normalized spacial score (nSPS) is 9.96. The van der Waals surface area contributed by atoms with Crippen LogP contribution in [0.25, 0.3) is 0 Å². The number of hydrogen-bond donors (Lipinski definition) is 1. The highest BCUT2D eigenvalue weighted by Crippen LogP contribution is 2.27.